The molecule has 3 rings (SSSR count). The standard InChI is InChI=1S/C29H35Cl2N3O6/c1-17(2)12-23(27(36)33-24(28(37)39-3)16-20-10-11-32-26(20)35)34-29(38)40-25(19-7-5-9-22(31)15-19)14-18-6-4-8-21(30)13-18/h4-9,13,15,17,20,23-25H,10-12,14,16H2,1-3H3,(H,32,35)(H,33,36)(H,34,38)/t20-,23-,24-,25?/m0/s1. The lowest BCUT2D eigenvalue weighted by atomic mass is 9.97. The smallest absolute Gasteiger partial charge is 0.408 e. The van der Waals surface area contributed by atoms with Gasteiger partial charge in [-0.2, -0.15) is 0 Å². The number of methoxy groups -OCH3 is 1. The summed E-state index contributed by atoms with van der Waals surface area (Å²) < 4.78 is 10.7. The van der Waals surface area contributed by atoms with Gasteiger partial charge >= 0.3 is 12.1 Å². The van der Waals surface area contributed by atoms with Crippen molar-refractivity contribution < 1.29 is 28.7 Å². The van der Waals surface area contributed by atoms with E-state index in [-0.39, 0.29) is 24.7 Å². The van der Waals surface area contributed by atoms with Gasteiger partial charge in [-0.05, 0) is 60.6 Å². The number of nitrogens with one attached hydrogen (secondary N) is 3. The Morgan fingerprint density at radius 2 is 1.73 bits per heavy atom. The van der Waals surface area contributed by atoms with Gasteiger partial charge in [0.05, 0.1) is 7.11 Å². The van der Waals surface area contributed by atoms with Crippen molar-refractivity contribution >= 4 is 47.1 Å². The first kappa shape index (κ1) is 31.2. The van der Waals surface area contributed by atoms with E-state index < -0.39 is 42.1 Å². The Kier molecular flexibility index (Phi) is 11.6. The van der Waals surface area contributed by atoms with Crippen LogP contribution in [-0.2, 0) is 30.3 Å². The van der Waals surface area contributed by atoms with Crippen molar-refractivity contribution in [1.29, 1.82) is 0 Å². The summed E-state index contributed by atoms with van der Waals surface area (Å²) in [5, 5.41) is 9.09. The van der Waals surface area contributed by atoms with Crippen molar-refractivity contribution in [2.24, 2.45) is 11.8 Å². The van der Waals surface area contributed by atoms with Crippen molar-refractivity contribution in [3.8, 4) is 0 Å². The van der Waals surface area contributed by atoms with Gasteiger partial charge in [0.15, 0.2) is 0 Å². The Morgan fingerprint density at radius 1 is 1.02 bits per heavy atom. The maximum Gasteiger partial charge on any atom is 0.408 e. The van der Waals surface area contributed by atoms with Crippen LogP contribution in [0.2, 0.25) is 10.0 Å². The minimum Gasteiger partial charge on any atom is -0.467 e. The van der Waals surface area contributed by atoms with Crippen LogP contribution in [0.5, 0.6) is 0 Å². The van der Waals surface area contributed by atoms with Gasteiger partial charge in [-0.1, -0.05) is 61.3 Å². The third-order valence-electron chi connectivity index (χ3n) is 6.58. The monoisotopic (exact) mass is 591 g/mol. The van der Waals surface area contributed by atoms with E-state index in [4.69, 9.17) is 32.7 Å². The fourth-order valence-corrected chi connectivity index (χ4v) is 5.02. The normalized spacial score (nSPS) is 16.9. The molecule has 1 aliphatic rings. The number of hydrogen-bond acceptors (Lipinski definition) is 6. The van der Waals surface area contributed by atoms with Gasteiger partial charge in [-0.25, -0.2) is 9.59 Å². The first-order valence-electron chi connectivity index (χ1n) is 13.2. The molecule has 3 N–H and O–H groups in total. The topological polar surface area (TPSA) is 123 Å². The Balaban J connectivity index is 1.75. The summed E-state index contributed by atoms with van der Waals surface area (Å²) in [5.41, 5.74) is 1.52. The summed E-state index contributed by atoms with van der Waals surface area (Å²) in [7, 11) is 1.22. The van der Waals surface area contributed by atoms with Crippen LogP contribution in [-0.4, -0.2) is 49.6 Å². The molecule has 1 saturated heterocycles. The number of esters is 1. The highest BCUT2D eigenvalue weighted by molar-refractivity contribution is 6.30. The van der Waals surface area contributed by atoms with Gasteiger partial charge in [-0.3, -0.25) is 9.59 Å². The summed E-state index contributed by atoms with van der Waals surface area (Å²) in [6.07, 6.45) is -0.265. The lowest BCUT2D eigenvalue weighted by Crippen LogP contribution is -2.53. The third-order valence-corrected chi connectivity index (χ3v) is 7.05. The number of benzene rings is 2. The van der Waals surface area contributed by atoms with Crippen LogP contribution in [0.1, 0.15) is 50.3 Å². The molecule has 11 heteroatoms. The maximum atomic E-state index is 13.3. The van der Waals surface area contributed by atoms with Crippen molar-refractivity contribution in [3.63, 3.8) is 0 Å². The molecule has 9 nitrogen and oxygen atoms in total. The molecule has 0 bridgehead atoms. The molecular weight excluding hydrogens is 557 g/mol. The number of rotatable bonds is 12. The first-order chi connectivity index (χ1) is 19.0. The van der Waals surface area contributed by atoms with Gasteiger partial charge in [0.25, 0.3) is 0 Å². The van der Waals surface area contributed by atoms with Crippen LogP contribution in [0, 0.1) is 11.8 Å². The zero-order chi connectivity index (χ0) is 29.2. The molecule has 1 heterocycles. The Morgan fingerprint density at radius 3 is 2.33 bits per heavy atom. The Hall–Kier alpha value is -3.30. The second-order valence-electron chi connectivity index (χ2n) is 10.2. The highest BCUT2D eigenvalue weighted by Gasteiger charge is 2.34. The summed E-state index contributed by atoms with van der Waals surface area (Å²) in [6.45, 7) is 4.32. The minimum atomic E-state index is -1.04. The molecule has 40 heavy (non-hydrogen) atoms. The molecular formula is C29H35Cl2N3O6. The molecule has 0 spiro atoms. The van der Waals surface area contributed by atoms with Gasteiger partial charge in [-0.15, -0.1) is 0 Å². The van der Waals surface area contributed by atoms with E-state index >= 15 is 0 Å². The number of amides is 3. The largest absolute Gasteiger partial charge is 0.467 e. The van der Waals surface area contributed by atoms with Gasteiger partial charge in [0.2, 0.25) is 11.8 Å². The zero-order valence-corrected chi connectivity index (χ0v) is 24.3. The highest BCUT2D eigenvalue weighted by atomic mass is 35.5. The van der Waals surface area contributed by atoms with Gasteiger partial charge in [0.1, 0.15) is 18.2 Å². The van der Waals surface area contributed by atoms with Crippen molar-refractivity contribution in [2.45, 2.75) is 57.7 Å². The number of hydrogen-bond donors (Lipinski definition) is 3. The predicted octanol–water partition coefficient (Wildman–Crippen LogP) is 4.60. The third kappa shape index (κ3) is 9.41. The Bertz CT molecular complexity index is 1210. The van der Waals surface area contributed by atoms with Crippen LogP contribution in [0.25, 0.3) is 0 Å². The number of alkyl carbamates (subject to hydrolysis) is 1. The number of carbonyl (C=O) groups excluding carboxylic acids is 4. The van der Waals surface area contributed by atoms with Crippen LogP contribution in [0.4, 0.5) is 4.79 Å². The molecule has 1 aliphatic heterocycles. The van der Waals surface area contributed by atoms with E-state index in [2.05, 4.69) is 16.0 Å². The highest BCUT2D eigenvalue weighted by Crippen LogP contribution is 2.26. The van der Waals surface area contributed by atoms with E-state index in [9.17, 15) is 19.2 Å². The summed E-state index contributed by atoms with van der Waals surface area (Å²) in [4.78, 5) is 50.9. The summed E-state index contributed by atoms with van der Waals surface area (Å²) in [5.74, 6) is -1.80. The van der Waals surface area contributed by atoms with Crippen LogP contribution in [0.3, 0.4) is 0 Å². The number of halogens is 2. The molecule has 1 fully saturated rings. The van der Waals surface area contributed by atoms with Gasteiger partial charge < -0.3 is 25.4 Å². The molecule has 2 aromatic rings. The lowest BCUT2D eigenvalue weighted by Gasteiger charge is -2.25. The van der Waals surface area contributed by atoms with E-state index in [0.29, 0.717) is 35.0 Å². The Labute approximate surface area is 244 Å². The average molecular weight is 593 g/mol. The first-order valence-corrected chi connectivity index (χ1v) is 13.9. The van der Waals surface area contributed by atoms with E-state index in [1.165, 1.54) is 7.11 Å². The summed E-state index contributed by atoms with van der Waals surface area (Å²) in [6, 6.07) is 12.2. The van der Waals surface area contributed by atoms with Crippen LogP contribution in [0.15, 0.2) is 48.5 Å². The second-order valence-corrected chi connectivity index (χ2v) is 11.1. The quantitative estimate of drug-likeness (QED) is 0.310. The molecule has 0 aliphatic carbocycles. The molecule has 3 amide bonds. The maximum absolute atomic E-state index is 13.3. The van der Waals surface area contributed by atoms with Gasteiger partial charge in [0, 0.05) is 28.9 Å². The molecule has 0 aromatic heterocycles. The van der Waals surface area contributed by atoms with Crippen molar-refractivity contribution in [3.05, 3.63) is 69.7 Å². The number of ether oxygens (including phenoxy) is 2. The molecule has 0 saturated carbocycles. The molecule has 2 aromatic carbocycles. The minimum absolute atomic E-state index is 0.0309. The molecule has 4 atom stereocenters. The average Bonchev–Trinajstić information content (AvgIpc) is 3.30. The second kappa shape index (κ2) is 14.9. The zero-order valence-electron chi connectivity index (χ0n) is 22.7. The number of carbonyl (C=O) groups is 4. The van der Waals surface area contributed by atoms with E-state index in [1.807, 2.05) is 26.0 Å². The fourth-order valence-electron chi connectivity index (χ4n) is 4.60. The molecule has 216 valence electrons. The van der Waals surface area contributed by atoms with Crippen molar-refractivity contribution in [2.75, 3.05) is 13.7 Å². The van der Waals surface area contributed by atoms with E-state index in [1.54, 1.807) is 36.4 Å². The van der Waals surface area contributed by atoms with Crippen LogP contribution >= 0.6 is 23.2 Å². The summed E-state index contributed by atoms with van der Waals surface area (Å²) >= 11 is 12.4. The lowest BCUT2D eigenvalue weighted by molar-refractivity contribution is -0.146. The predicted molar refractivity (Wildman–Crippen MR) is 152 cm³/mol. The van der Waals surface area contributed by atoms with Crippen LogP contribution < -0.4 is 16.0 Å². The SMILES string of the molecule is COC(=O)[C@H](C[C@@H]1CCNC1=O)NC(=O)[C@H](CC(C)C)NC(=O)OC(Cc1cccc(Cl)c1)c1cccc(Cl)c1. The van der Waals surface area contributed by atoms with E-state index in [0.717, 1.165) is 5.56 Å². The fraction of sp³-hybridized carbons (Fsp3) is 0.448. The molecule has 1 unspecified atom stereocenters. The molecule has 0 radical (unpaired) electrons. The van der Waals surface area contributed by atoms with Crippen molar-refractivity contribution in [1.82, 2.24) is 16.0 Å².